The number of nitrogens with one attached hydrogen (secondary N) is 1. The fourth-order valence-electron chi connectivity index (χ4n) is 1.26. The van der Waals surface area contributed by atoms with Crippen molar-refractivity contribution in [2.75, 3.05) is 7.05 Å². The summed E-state index contributed by atoms with van der Waals surface area (Å²) in [5.41, 5.74) is 0.891. The molecule has 0 aliphatic heterocycles. The Hall–Kier alpha value is -1.36. The first-order chi connectivity index (χ1) is 6.20. The van der Waals surface area contributed by atoms with Crippen LogP contribution in [0.2, 0.25) is 0 Å². The molecule has 0 fully saturated rings. The molecule has 0 aliphatic rings. The average molecular weight is 183 g/mol. The number of imidazole rings is 1. The molecule has 0 saturated heterocycles. The molecule has 0 atom stereocenters. The molecule has 0 aliphatic carbocycles. The van der Waals surface area contributed by atoms with E-state index in [0.29, 0.717) is 13.1 Å². The van der Waals surface area contributed by atoms with Gasteiger partial charge in [0.2, 0.25) is 5.82 Å². The van der Waals surface area contributed by atoms with Crippen molar-refractivity contribution in [3.63, 3.8) is 0 Å². The molecular formula is C8H13N3O2. The van der Waals surface area contributed by atoms with Crippen LogP contribution in [-0.4, -0.2) is 27.7 Å². The first kappa shape index (κ1) is 9.73. The quantitative estimate of drug-likeness (QED) is 0.705. The number of aromatic nitrogens is 2. The first-order valence-corrected chi connectivity index (χ1v) is 4.13. The Labute approximate surface area is 76.4 Å². The van der Waals surface area contributed by atoms with Crippen molar-refractivity contribution < 1.29 is 9.90 Å². The maximum absolute atomic E-state index is 10.7. The zero-order valence-electron chi connectivity index (χ0n) is 7.74. The van der Waals surface area contributed by atoms with E-state index in [-0.39, 0.29) is 5.82 Å². The highest BCUT2D eigenvalue weighted by Crippen LogP contribution is 2.05. The van der Waals surface area contributed by atoms with E-state index >= 15 is 0 Å². The van der Waals surface area contributed by atoms with Crippen molar-refractivity contribution in [1.29, 1.82) is 0 Å². The fraction of sp³-hybridized carbons (Fsp3) is 0.500. The number of hydrogen-bond acceptors (Lipinski definition) is 3. The van der Waals surface area contributed by atoms with Crippen LogP contribution in [0.1, 0.15) is 23.2 Å². The van der Waals surface area contributed by atoms with E-state index in [2.05, 4.69) is 10.3 Å². The minimum Gasteiger partial charge on any atom is -0.475 e. The summed E-state index contributed by atoms with van der Waals surface area (Å²) in [6.45, 7) is 3.15. The van der Waals surface area contributed by atoms with Crippen molar-refractivity contribution in [3.05, 3.63) is 17.7 Å². The van der Waals surface area contributed by atoms with Gasteiger partial charge in [0.1, 0.15) is 0 Å². The van der Waals surface area contributed by atoms with E-state index in [1.54, 1.807) is 10.8 Å². The molecule has 1 aromatic rings. The topological polar surface area (TPSA) is 67.2 Å². The third-order valence-electron chi connectivity index (χ3n) is 1.80. The smallest absolute Gasteiger partial charge is 0.372 e. The van der Waals surface area contributed by atoms with E-state index in [0.717, 1.165) is 5.69 Å². The Balaban J connectivity index is 3.03. The lowest BCUT2D eigenvalue weighted by atomic mass is 10.4. The van der Waals surface area contributed by atoms with Gasteiger partial charge in [0.25, 0.3) is 0 Å². The monoisotopic (exact) mass is 183 g/mol. The normalized spacial score (nSPS) is 10.3. The Bertz CT molecular complexity index is 306. The molecule has 0 bridgehead atoms. The number of carboxylic acid groups (broad SMARTS) is 1. The van der Waals surface area contributed by atoms with Gasteiger partial charge in [-0.3, -0.25) is 0 Å². The van der Waals surface area contributed by atoms with Gasteiger partial charge in [-0.05, 0) is 14.0 Å². The van der Waals surface area contributed by atoms with Crippen LogP contribution in [0.5, 0.6) is 0 Å². The van der Waals surface area contributed by atoms with Crippen LogP contribution in [0.4, 0.5) is 0 Å². The maximum Gasteiger partial charge on any atom is 0.372 e. The summed E-state index contributed by atoms with van der Waals surface area (Å²) in [6.07, 6.45) is 1.59. The Morgan fingerprint density at radius 3 is 2.92 bits per heavy atom. The highest BCUT2D eigenvalue weighted by molar-refractivity contribution is 5.83. The number of carbonyl (C=O) groups is 1. The van der Waals surface area contributed by atoms with Gasteiger partial charge in [0, 0.05) is 13.1 Å². The van der Waals surface area contributed by atoms with E-state index in [9.17, 15) is 4.79 Å². The molecule has 0 radical (unpaired) electrons. The first-order valence-electron chi connectivity index (χ1n) is 4.13. The van der Waals surface area contributed by atoms with Crippen LogP contribution >= 0.6 is 0 Å². The van der Waals surface area contributed by atoms with Gasteiger partial charge < -0.3 is 15.0 Å². The third-order valence-corrected chi connectivity index (χ3v) is 1.80. The minimum atomic E-state index is -0.982. The second-order valence-electron chi connectivity index (χ2n) is 2.65. The molecular weight excluding hydrogens is 170 g/mol. The zero-order chi connectivity index (χ0) is 9.84. The fourth-order valence-corrected chi connectivity index (χ4v) is 1.26. The molecule has 1 rings (SSSR count). The Morgan fingerprint density at radius 1 is 1.77 bits per heavy atom. The van der Waals surface area contributed by atoms with Gasteiger partial charge in [-0.15, -0.1) is 0 Å². The van der Waals surface area contributed by atoms with E-state index in [4.69, 9.17) is 5.11 Å². The SMILES string of the molecule is CCn1c(CNC)cnc1C(=O)O. The van der Waals surface area contributed by atoms with Crippen LogP contribution < -0.4 is 5.32 Å². The second-order valence-corrected chi connectivity index (χ2v) is 2.65. The van der Waals surface area contributed by atoms with Crippen molar-refractivity contribution in [1.82, 2.24) is 14.9 Å². The molecule has 0 unspecified atom stereocenters. The lowest BCUT2D eigenvalue weighted by Crippen LogP contribution is -2.14. The summed E-state index contributed by atoms with van der Waals surface area (Å²) in [5, 5.41) is 11.7. The molecule has 0 spiro atoms. The van der Waals surface area contributed by atoms with Crippen LogP contribution in [0.3, 0.4) is 0 Å². The summed E-state index contributed by atoms with van der Waals surface area (Å²) in [6, 6.07) is 0. The lowest BCUT2D eigenvalue weighted by Gasteiger charge is -2.05. The van der Waals surface area contributed by atoms with Crippen molar-refractivity contribution in [3.8, 4) is 0 Å². The van der Waals surface area contributed by atoms with E-state index in [1.807, 2.05) is 14.0 Å². The largest absolute Gasteiger partial charge is 0.475 e. The third kappa shape index (κ3) is 1.86. The Morgan fingerprint density at radius 2 is 2.46 bits per heavy atom. The summed E-state index contributed by atoms with van der Waals surface area (Å²) < 4.78 is 1.68. The summed E-state index contributed by atoms with van der Waals surface area (Å²) in [7, 11) is 1.81. The summed E-state index contributed by atoms with van der Waals surface area (Å²) in [4.78, 5) is 14.5. The highest BCUT2D eigenvalue weighted by atomic mass is 16.4. The van der Waals surface area contributed by atoms with Gasteiger partial charge in [-0.2, -0.15) is 0 Å². The van der Waals surface area contributed by atoms with Crippen molar-refractivity contribution in [2.24, 2.45) is 0 Å². The molecule has 1 heterocycles. The van der Waals surface area contributed by atoms with Crippen molar-refractivity contribution >= 4 is 5.97 Å². The predicted octanol–water partition coefficient (Wildman–Crippen LogP) is 0.321. The maximum atomic E-state index is 10.7. The van der Waals surface area contributed by atoms with Crippen LogP contribution in [0.15, 0.2) is 6.20 Å². The van der Waals surface area contributed by atoms with Gasteiger partial charge in [-0.25, -0.2) is 9.78 Å². The highest BCUT2D eigenvalue weighted by Gasteiger charge is 2.13. The van der Waals surface area contributed by atoms with Crippen LogP contribution in [0, 0.1) is 0 Å². The molecule has 5 nitrogen and oxygen atoms in total. The number of carboxylic acids is 1. The van der Waals surface area contributed by atoms with Crippen LogP contribution in [0.25, 0.3) is 0 Å². The van der Waals surface area contributed by atoms with Gasteiger partial charge in [0.05, 0.1) is 11.9 Å². The molecule has 2 N–H and O–H groups in total. The Kier molecular flexibility index (Phi) is 3.02. The predicted molar refractivity (Wildman–Crippen MR) is 47.6 cm³/mol. The molecule has 5 heteroatoms. The minimum absolute atomic E-state index is 0.104. The average Bonchev–Trinajstić information content (AvgIpc) is 2.48. The number of aromatic carboxylic acids is 1. The lowest BCUT2D eigenvalue weighted by molar-refractivity contribution is 0.0678. The summed E-state index contributed by atoms with van der Waals surface area (Å²) >= 11 is 0. The standard InChI is InChI=1S/C8H13N3O2/c1-3-11-6(4-9-2)5-10-7(11)8(12)13/h5,9H,3-4H2,1-2H3,(H,12,13). The number of hydrogen-bond donors (Lipinski definition) is 2. The second kappa shape index (κ2) is 4.04. The molecule has 72 valence electrons. The molecule has 0 aromatic carbocycles. The van der Waals surface area contributed by atoms with E-state index in [1.165, 1.54) is 0 Å². The van der Waals surface area contributed by atoms with Gasteiger partial charge >= 0.3 is 5.97 Å². The van der Waals surface area contributed by atoms with Gasteiger partial charge in [0.15, 0.2) is 0 Å². The molecule has 1 aromatic heterocycles. The molecule has 13 heavy (non-hydrogen) atoms. The van der Waals surface area contributed by atoms with E-state index < -0.39 is 5.97 Å². The van der Waals surface area contributed by atoms with Gasteiger partial charge in [-0.1, -0.05) is 0 Å². The molecule has 0 amide bonds. The van der Waals surface area contributed by atoms with Crippen LogP contribution in [-0.2, 0) is 13.1 Å². The number of rotatable bonds is 4. The zero-order valence-corrected chi connectivity index (χ0v) is 7.74. The number of nitrogens with zero attached hydrogens (tertiary/aromatic N) is 2. The summed E-state index contributed by atoms with van der Waals surface area (Å²) in [5.74, 6) is -0.878. The molecule has 0 saturated carbocycles. The van der Waals surface area contributed by atoms with Crippen molar-refractivity contribution in [2.45, 2.75) is 20.0 Å².